The summed E-state index contributed by atoms with van der Waals surface area (Å²) in [5.74, 6) is 0.767. The van der Waals surface area contributed by atoms with E-state index in [0.717, 1.165) is 17.1 Å². The van der Waals surface area contributed by atoms with E-state index >= 15 is 0 Å². The lowest BCUT2D eigenvalue weighted by atomic mass is 10.1. The maximum atomic E-state index is 11.0. The number of likely N-dealkylation sites (N-methyl/N-ethyl adjacent to an activating group) is 1. The Morgan fingerprint density at radius 3 is 3.05 bits per heavy atom. The second-order valence-corrected chi connectivity index (χ2v) is 5.43. The Labute approximate surface area is 124 Å². The Balaban J connectivity index is 2.03. The van der Waals surface area contributed by atoms with Crippen molar-refractivity contribution in [1.82, 2.24) is 19.8 Å². The average molecular weight is 294 g/mol. The minimum absolute atomic E-state index is 0.289. The van der Waals surface area contributed by atoms with Crippen molar-refractivity contribution in [2.24, 2.45) is 0 Å². The Bertz CT molecular complexity index is 509. The highest BCUT2D eigenvalue weighted by molar-refractivity contribution is 5.65. The van der Waals surface area contributed by atoms with Gasteiger partial charge in [-0.2, -0.15) is 0 Å². The number of carbonyl (C=O) groups is 1. The van der Waals surface area contributed by atoms with Crippen molar-refractivity contribution in [1.29, 1.82) is 0 Å². The molecule has 0 radical (unpaired) electrons. The van der Waals surface area contributed by atoms with Crippen LogP contribution >= 0.6 is 0 Å². The highest BCUT2D eigenvalue weighted by atomic mass is 16.5. The monoisotopic (exact) mass is 294 g/mol. The second-order valence-electron chi connectivity index (χ2n) is 5.43. The van der Waals surface area contributed by atoms with Gasteiger partial charge < -0.3 is 14.7 Å². The molecule has 116 valence electrons. The predicted octanol–water partition coefficient (Wildman–Crippen LogP) is 0.979. The van der Waals surface area contributed by atoms with Gasteiger partial charge in [-0.15, -0.1) is 0 Å². The van der Waals surface area contributed by atoms with Gasteiger partial charge in [0.25, 0.3) is 0 Å². The van der Waals surface area contributed by atoms with Crippen LogP contribution in [0.15, 0.2) is 6.20 Å². The van der Waals surface area contributed by atoms with E-state index in [4.69, 9.17) is 9.84 Å². The first-order chi connectivity index (χ1) is 10.0. The summed E-state index contributed by atoms with van der Waals surface area (Å²) in [5, 5.41) is 9.02. The van der Waals surface area contributed by atoms with E-state index in [-0.39, 0.29) is 6.04 Å². The van der Waals surface area contributed by atoms with Gasteiger partial charge in [0.2, 0.25) is 0 Å². The maximum absolute atomic E-state index is 11.0. The summed E-state index contributed by atoms with van der Waals surface area (Å²) in [5.41, 5.74) is 1.87. The van der Waals surface area contributed by atoms with Crippen LogP contribution in [-0.2, 0) is 24.2 Å². The quantitative estimate of drug-likeness (QED) is 0.872. The lowest BCUT2D eigenvalue weighted by molar-refractivity contribution is 0.110. The molecule has 0 aliphatic carbocycles. The Morgan fingerprint density at radius 1 is 1.62 bits per heavy atom. The van der Waals surface area contributed by atoms with E-state index in [1.165, 1.54) is 4.90 Å². The van der Waals surface area contributed by atoms with Gasteiger partial charge >= 0.3 is 6.09 Å². The van der Waals surface area contributed by atoms with Crippen molar-refractivity contribution in [2.75, 3.05) is 27.3 Å². The minimum atomic E-state index is -0.891. The van der Waals surface area contributed by atoms with Gasteiger partial charge in [0.1, 0.15) is 5.82 Å². The van der Waals surface area contributed by atoms with Gasteiger partial charge in [-0.25, -0.2) is 14.8 Å². The van der Waals surface area contributed by atoms with Crippen molar-refractivity contribution < 1.29 is 14.6 Å². The molecule has 0 saturated carbocycles. The number of fused-ring (bicyclic) bond motifs is 1. The van der Waals surface area contributed by atoms with Gasteiger partial charge in [-0.3, -0.25) is 4.90 Å². The summed E-state index contributed by atoms with van der Waals surface area (Å²) in [6.45, 7) is 4.28. The summed E-state index contributed by atoms with van der Waals surface area (Å²) in [6, 6.07) is 0.289. The molecule has 1 aromatic rings. The molecule has 1 atom stereocenters. The van der Waals surface area contributed by atoms with E-state index in [1.54, 1.807) is 13.3 Å². The van der Waals surface area contributed by atoms with Crippen LogP contribution in [0.5, 0.6) is 0 Å². The molecule has 21 heavy (non-hydrogen) atoms. The topological polar surface area (TPSA) is 78.8 Å². The molecule has 0 bridgehead atoms. The third-order valence-corrected chi connectivity index (χ3v) is 3.81. The summed E-state index contributed by atoms with van der Waals surface area (Å²) < 4.78 is 5.14. The third-order valence-electron chi connectivity index (χ3n) is 3.81. The minimum Gasteiger partial charge on any atom is -0.465 e. The molecular weight excluding hydrogens is 272 g/mol. The molecule has 2 heterocycles. The zero-order valence-corrected chi connectivity index (χ0v) is 12.7. The summed E-state index contributed by atoms with van der Waals surface area (Å²) in [4.78, 5) is 23.4. The van der Waals surface area contributed by atoms with Crippen LogP contribution in [0.3, 0.4) is 0 Å². The number of ether oxygens (including phenoxy) is 1. The number of carboxylic acid groups (broad SMARTS) is 1. The van der Waals surface area contributed by atoms with Crippen molar-refractivity contribution in [3.05, 3.63) is 23.3 Å². The van der Waals surface area contributed by atoms with Crippen molar-refractivity contribution in [3.8, 4) is 0 Å². The summed E-state index contributed by atoms with van der Waals surface area (Å²) >= 11 is 0. The fourth-order valence-electron chi connectivity index (χ4n) is 2.34. The first-order valence-corrected chi connectivity index (χ1v) is 7.02. The van der Waals surface area contributed by atoms with Crippen molar-refractivity contribution in [3.63, 3.8) is 0 Å². The molecule has 7 nitrogen and oxygen atoms in total. The van der Waals surface area contributed by atoms with Gasteiger partial charge in [0, 0.05) is 37.9 Å². The van der Waals surface area contributed by atoms with Crippen LogP contribution in [0.4, 0.5) is 4.79 Å². The first kappa shape index (κ1) is 15.7. The van der Waals surface area contributed by atoms with E-state index in [2.05, 4.69) is 21.8 Å². The van der Waals surface area contributed by atoms with Crippen LogP contribution < -0.4 is 0 Å². The average Bonchev–Trinajstić information content (AvgIpc) is 2.46. The zero-order chi connectivity index (χ0) is 15.4. The molecule has 1 aliphatic heterocycles. The highest BCUT2D eigenvalue weighted by Crippen LogP contribution is 2.17. The standard InChI is InChI=1S/C14H22N4O3/c1-10(9-21-3)17(2)8-13-15-6-11-7-18(14(19)20)5-4-12(11)16-13/h6,10H,4-5,7-9H2,1-3H3,(H,19,20)/t10-/m0/s1. The Morgan fingerprint density at radius 2 is 2.38 bits per heavy atom. The molecule has 1 aromatic heterocycles. The second kappa shape index (κ2) is 6.82. The SMILES string of the molecule is COC[C@H](C)N(C)Cc1ncc2c(n1)CCN(C(=O)O)C2. The van der Waals surface area contributed by atoms with Crippen molar-refractivity contribution >= 4 is 6.09 Å². The fraction of sp³-hybridized carbons (Fsp3) is 0.643. The number of hydrogen-bond donors (Lipinski definition) is 1. The third kappa shape index (κ3) is 3.89. The molecule has 1 amide bonds. The fourth-order valence-corrected chi connectivity index (χ4v) is 2.34. The molecule has 1 N–H and O–H groups in total. The normalized spacial score (nSPS) is 15.9. The van der Waals surface area contributed by atoms with Gasteiger partial charge in [0.05, 0.1) is 25.4 Å². The molecule has 0 saturated heterocycles. The van der Waals surface area contributed by atoms with Crippen molar-refractivity contribution in [2.45, 2.75) is 32.5 Å². The van der Waals surface area contributed by atoms with Crippen LogP contribution in [0, 0.1) is 0 Å². The Hall–Kier alpha value is -1.73. The highest BCUT2D eigenvalue weighted by Gasteiger charge is 2.22. The van der Waals surface area contributed by atoms with E-state index < -0.39 is 6.09 Å². The lowest BCUT2D eigenvalue weighted by Crippen LogP contribution is -2.36. The van der Waals surface area contributed by atoms with E-state index in [0.29, 0.717) is 32.7 Å². The number of aromatic nitrogens is 2. The molecule has 7 heteroatoms. The van der Waals surface area contributed by atoms with Crippen LogP contribution in [0.2, 0.25) is 0 Å². The molecular formula is C14H22N4O3. The van der Waals surface area contributed by atoms with E-state index in [1.807, 2.05) is 7.05 Å². The molecule has 1 aliphatic rings. The summed E-state index contributed by atoms with van der Waals surface area (Å²) in [6.07, 6.45) is 1.51. The molecule has 0 unspecified atom stereocenters. The summed E-state index contributed by atoms with van der Waals surface area (Å²) in [7, 11) is 3.70. The molecule has 0 aromatic carbocycles. The van der Waals surface area contributed by atoms with Crippen LogP contribution in [-0.4, -0.2) is 64.3 Å². The molecule has 0 spiro atoms. The number of hydrogen-bond acceptors (Lipinski definition) is 5. The van der Waals surface area contributed by atoms with Gasteiger partial charge in [-0.05, 0) is 14.0 Å². The number of rotatable bonds is 5. The van der Waals surface area contributed by atoms with Crippen LogP contribution in [0.1, 0.15) is 24.0 Å². The number of methoxy groups -OCH3 is 1. The molecule has 2 rings (SSSR count). The smallest absolute Gasteiger partial charge is 0.407 e. The number of amides is 1. The lowest BCUT2D eigenvalue weighted by Gasteiger charge is -2.26. The largest absolute Gasteiger partial charge is 0.465 e. The van der Waals surface area contributed by atoms with Crippen LogP contribution in [0.25, 0.3) is 0 Å². The maximum Gasteiger partial charge on any atom is 0.407 e. The van der Waals surface area contributed by atoms with Gasteiger partial charge in [-0.1, -0.05) is 0 Å². The van der Waals surface area contributed by atoms with Gasteiger partial charge in [0.15, 0.2) is 0 Å². The predicted molar refractivity (Wildman–Crippen MR) is 77.0 cm³/mol. The van der Waals surface area contributed by atoms with E-state index in [9.17, 15) is 4.79 Å². The first-order valence-electron chi connectivity index (χ1n) is 7.02. The number of nitrogens with zero attached hydrogens (tertiary/aromatic N) is 4. The Kier molecular flexibility index (Phi) is 5.08. The molecule has 0 fully saturated rings. The zero-order valence-electron chi connectivity index (χ0n) is 12.7.